The third-order valence-corrected chi connectivity index (χ3v) is 12.2. The summed E-state index contributed by atoms with van der Waals surface area (Å²) in [7, 11) is 2.85. The summed E-state index contributed by atoms with van der Waals surface area (Å²) in [4.78, 5) is 98.7. The molecule has 66 heavy (non-hydrogen) atoms. The number of rotatable bonds is 13. The summed E-state index contributed by atoms with van der Waals surface area (Å²) >= 11 is 6.05. The summed E-state index contributed by atoms with van der Waals surface area (Å²) in [5.74, 6) is -4.89. The quantitative estimate of drug-likeness (QED) is 0.0911. The van der Waals surface area contributed by atoms with Gasteiger partial charge in [0.2, 0.25) is 35.4 Å². The third kappa shape index (κ3) is 11.3. The normalized spacial score (nSPS) is 19.2. The van der Waals surface area contributed by atoms with Crippen LogP contribution < -0.4 is 32.3 Å². The molecule has 6 atom stereocenters. The van der Waals surface area contributed by atoms with Crippen LogP contribution in [0.5, 0.6) is 11.5 Å². The Hall–Kier alpha value is -6.98. The number of phenols is 2. The molecule has 1 fully saturated rings. The summed E-state index contributed by atoms with van der Waals surface area (Å²) in [6.07, 6.45) is 1.44. The molecule has 7 amide bonds. The van der Waals surface area contributed by atoms with E-state index >= 15 is 0 Å². The Bertz CT molecular complexity index is 2480. The van der Waals surface area contributed by atoms with E-state index in [9.17, 15) is 43.8 Å². The molecule has 0 unspecified atom stereocenters. The van der Waals surface area contributed by atoms with Gasteiger partial charge in [-0.3, -0.25) is 33.6 Å². The van der Waals surface area contributed by atoms with Crippen LogP contribution in [-0.4, -0.2) is 119 Å². The highest BCUT2D eigenvalue weighted by Gasteiger charge is 2.37. The number of hydrogen-bond donors (Lipinski definition) is 8. The number of nitrogens with one attached hydrogen (secondary N) is 5. The molecule has 2 aliphatic rings. The Morgan fingerprint density at radius 1 is 0.788 bits per heavy atom. The van der Waals surface area contributed by atoms with Gasteiger partial charge in [-0.15, -0.1) is 0 Å². The van der Waals surface area contributed by atoms with E-state index in [1.807, 2.05) is 12.1 Å². The zero-order chi connectivity index (χ0) is 47.8. The van der Waals surface area contributed by atoms with E-state index < -0.39 is 71.7 Å². The van der Waals surface area contributed by atoms with Crippen molar-refractivity contribution in [3.05, 3.63) is 107 Å². The van der Waals surface area contributed by atoms with Crippen LogP contribution in [0, 0.1) is 0 Å². The highest BCUT2D eigenvalue weighted by atomic mass is 35.5. The number of phenolic OH excluding ortho intramolecular Hbond substituents is 2. The van der Waals surface area contributed by atoms with E-state index in [2.05, 4.69) is 26.6 Å². The molecular weight excluding hydrogens is 868 g/mol. The minimum atomic E-state index is -1.46. The van der Waals surface area contributed by atoms with Gasteiger partial charge in [0.05, 0.1) is 0 Å². The van der Waals surface area contributed by atoms with Gasteiger partial charge in [-0.1, -0.05) is 48.0 Å². The Balaban J connectivity index is 1.29. The summed E-state index contributed by atoms with van der Waals surface area (Å²) in [5, 5.41) is 36.4. The van der Waals surface area contributed by atoms with Gasteiger partial charge in [0.1, 0.15) is 47.8 Å². The van der Waals surface area contributed by atoms with Crippen molar-refractivity contribution in [2.24, 2.45) is 5.73 Å². The van der Waals surface area contributed by atoms with Crippen molar-refractivity contribution in [3.63, 3.8) is 0 Å². The number of aromatic hydroxyl groups is 2. The number of nitrogens with zero attached hydrogens (tertiary/aromatic N) is 2. The number of amides is 7. The molecule has 1 saturated heterocycles. The lowest BCUT2D eigenvalue weighted by molar-refractivity contribution is -0.142. The number of fused-ring (bicyclic) bond motifs is 5. The minimum absolute atomic E-state index is 0.0914. The monoisotopic (exact) mass is 922 g/mol. The van der Waals surface area contributed by atoms with Crippen molar-refractivity contribution in [3.8, 4) is 33.8 Å². The van der Waals surface area contributed by atoms with Crippen LogP contribution in [0.2, 0.25) is 5.02 Å². The molecule has 4 bridgehead atoms. The van der Waals surface area contributed by atoms with E-state index in [1.54, 1.807) is 36.4 Å². The molecule has 2 aliphatic heterocycles. The van der Waals surface area contributed by atoms with E-state index in [-0.39, 0.29) is 52.5 Å². The van der Waals surface area contributed by atoms with Crippen molar-refractivity contribution in [2.45, 2.75) is 82.2 Å². The standard InChI is InChI=1S/C48H55ClN8O9/c1-26-42(60)55-37(44(62)53-27(2)47(65)56(3)38-20-22-51-45(38)63)24-28-8-18-39(58)34(23-28)35-25-32(15-19-40(35)59)41(46(64)52-26)57(4)48(66)36(7-5-6-21-50)54-43(61)31-11-9-29(10-12-31)30-13-16-33(49)17-14-30/h8-19,23,25-27,36-38,41,58-59H,5-7,20-22,24,50H2,1-4H3,(H,51,63)(H,52,64)(H,53,62)(H,54,61)(H,55,60)/t26-,27-,36-,37-,38+,41-/m0/s1. The van der Waals surface area contributed by atoms with Gasteiger partial charge in [-0.25, -0.2) is 0 Å². The average molecular weight is 923 g/mol. The van der Waals surface area contributed by atoms with Crippen LogP contribution >= 0.6 is 11.6 Å². The van der Waals surface area contributed by atoms with Crippen LogP contribution in [0.4, 0.5) is 0 Å². The zero-order valence-corrected chi connectivity index (χ0v) is 37.9. The van der Waals surface area contributed by atoms with Gasteiger partial charge in [-0.05, 0) is 117 Å². The predicted molar refractivity (Wildman–Crippen MR) is 247 cm³/mol. The number of nitrogens with two attached hydrogens (primary N) is 1. The fourth-order valence-corrected chi connectivity index (χ4v) is 8.25. The molecule has 0 saturated carbocycles. The van der Waals surface area contributed by atoms with Crippen molar-refractivity contribution < 1.29 is 43.8 Å². The van der Waals surface area contributed by atoms with E-state index in [1.165, 1.54) is 69.2 Å². The molecule has 9 N–H and O–H groups in total. The molecule has 348 valence electrons. The van der Waals surface area contributed by atoms with Gasteiger partial charge in [-0.2, -0.15) is 0 Å². The van der Waals surface area contributed by atoms with E-state index in [4.69, 9.17) is 17.3 Å². The number of unbranched alkanes of at least 4 members (excludes halogenated alkanes) is 1. The predicted octanol–water partition coefficient (Wildman–Crippen LogP) is 2.91. The lowest BCUT2D eigenvalue weighted by Gasteiger charge is -2.32. The summed E-state index contributed by atoms with van der Waals surface area (Å²) in [5.41, 5.74) is 8.66. The van der Waals surface area contributed by atoms with Gasteiger partial charge in [0.25, 0.3) is 5.91 Å². The van der Waals surface area contributed by atoms with Gasteiger partial charge >= 0.3 is 0 Å². The second kappa shape index (κ2) is 21.3. The molecule has 0 radical (unpaired) electrons. The number of hydrogen-bond acceptors (Lipinski definition) is 10. The second-order valence-electron chi connectivity index (χ2n) is 16.6. The zero-order valence-electron chi connectivity index (χ0n) is 37.1. The Labute approximate surface area is 387 Å². The first-order valence-electron chi connectivity index (χ1n) is 21.7. The van der Waals surface area contributed by atoms with Gasteiger partial charge in [0, 0.05) is 48.8 Å². The third-order valence-electron chi connectivity index (χ3n) is 11.9. The molecule has 0 spiro atoms. The van der Waals surface area contributed by atoms with Crippen molar-refractivity contribution in [2.75, 3.05) is 27.2 Å². The highest BCUT2D eigenvalue weighted by molar-refractivity contribution is 6.30. The smallest absolute Gasteiger partial charge is 0.251 e. The lowest BCUT2D eigenvalue weighted by atomic mass is 9.93. The fourth-order valence-electron chi connectivity index (χ4n) is 8.12. The molecular formula is C48H55ClN8O9. The SMILES string of the molecule is C[C@@H]1NC(=O)[C@@H](N(C)C(=O)[C@H](CCCCN)NC(=O)c2ccc(-c3ccc(Cl)cc3)cc2)c2ccc(O)c(c2)-c2cc(ccc2O)C[C@@H](C(=O)N[C@@H](C)C(=O)N(C)[C@@H]2CCNC2=O)NC1=O. The Morgan fingerprint density at radius 2 is 1.42 bits per heavy atom. The fraction of sp³-hybridized carbons (Fsp3) is 0.354. The molecule has 17 nitrogen and oxygen atoms in total. The number of benzene rings is 4. The maximum atomic E-state index is 14.6. The van der Waals surface area contributed by atoms with Gasteiger partial charge in [0.15, 0.2) is 0 Å². The number of likely N-dealkylation sites (N-methyl/N-ethyl adjacent to an activating group) is 2. The maximum absolute atomic E-state index is 14.6. The summed E-state index contributed by atoms with van der Waals surface area (Å²) in [6.45, 7) is 3.60. The van der Waals surface area contributed by atoms with Crippen LogP contribution in [0.3, 0.4) is 0 Å². The number of halogens is 1. The molecule has 0 aromatic heterocycles. The minimum Gasteiger partial charge on any atom is -0.507 e. The highest BCUT2D eigenvalue weighted by Crippen LogP contribution is 2.39. The van der Waals surface area contributed by atoms with Crippen molar-refractivity contribution in [1.82, 2.24) is 36.4 Å². The summed E-state index contributed by atoms with van der Waals surface area (Å²) in [6, 6.07) is 15.7. The number of carbonyl (C=O) groups is 7. The molecule has 4 aromatic rings. The first-order valence-corrected chi connectivity index (χ1v) is 22.1. The van der Waals surface area contributed by atoms with Crippen molar-refractivity contribution in [1.29, 1.82) is 0 Å². The van der Waals surface area contributed by atoms with Crippen molar-refractivity contribution >= 4 is 53.0 Å². The first kappa shape index (κ1) is 48.5. The van der Waals surface area contributed by atoms with Crippen LogP contribution in [0.25, 0.3) is 22.3 Å². The Morgan fingerprint density at radius 3 is 2.06 bits per heavy atom. The molecule has 18 heteroatoms. The first-order chi connectivity index (χ1) is 31.5. The summed E-state index contributed by atoms with van der Waals surface area (Å²) < 4.78 is 0. The van der Waals surface area contributed by atoms with E-state index in [0.717, 1.165) is 16.0 Å². The molecule has 6 rings (SSSR count). The van der Waals surface area contributed by atoms with Crippen LogP contribution in [0.15, 0.2) is 84.9 Å². The molecule has 0 aliphatic carbocycles. The Kier molecular flexibility index (Phi) is 15.7. The lowest BCUT2D eigenvalue weighted by Crippen LogP contribution is -2.58. The van der Waals surface area contributed by atoms with Crippen LogP contribution in [0.1, 0.15) is 67.1 Å². The topological polar surface area (TPSA) is 253 Å². The molecule has 4 aromatic carbocycles. The average Bonchev–Trinajstić information content (AvgIpc) is 3.74. The largest absolute Gasteiger partial charge is 0.507 e. The van der Waals surface area contributed by atoms with Gasteiger partial charge < -0.3 is 52.3 Å². The number of carbonyl (C=O) groups excluding carboxylic acids is 7. The molecule has 2 heterocycles. The van der Waals surface area contributed by atoms with E-state index in [0.29, 0.717) is 42.9 Å². The van der Waals surface area contributed by atoms with Crippen LogP contribution in [-0.2, 0) is 35.2 Å². The second-order valence-corrected chi connectivity index (χ2v) is 17.1. The maximum Gasteiger partial charge on any atom is 0.251 e.